The Bertz CT molecular complexity index is 1060. The first kappa shape index (κ1) is 17.8. The summed E-state index contributed by atoms with van der Waals surface area (Å²) in [5.74, 6) is 1.66. The molecule has 0 amide bonds. The van der Waals surface area contributed by atoms with Gasteiger partial charge in [-0.15, -0.1) is 11.3 Å². The maximum absolute atomic E-state index is 6.25. The van der Waals surface area contributed by atoms with Crippen molar-refractivity contribution in [2.75, 3.05) is 18.6 Å². The molecule has 0 unspecified atom stereocenters. The van der Waals surface area contributed by atoms with Gasteiger partial charge in [-0.3, -0.25) is 0 Å². The molecule has 0 aliphatic rings. The lowest BCUT2D eigenvalue weighted by atomic mass is 10.1. The van der Waals surface area contributed by atoms with Crippen LogP contribution in [0.15, 0.2) is 60.0 Å². The minimum atomic E-state index is 0.259. The summed E-state index contributed by atoms with van der Waals surface area (Å²) in [5, 5.41) is 3.38. The summed E-state index contributed by atoms with van der Waals surface area (Å²) >= 11 is 7.83. The second kappa shape index (κ2) is 7.55. The molecule has 2 heterocycles. The number of hydrogen-bond acceptors (Lipinski definition) is 5. The van der Waals surface area contributed by atoms with E-state index >= 15 is 0 Å². The second-order valence-corrected chi connectivity index (χ2v) is 7.15. The predicted octanol–water partition coefficient (Wildman–Crippen LogP) is 6.18. The summed E-state index contributed by atoms with van der Waals surface area (Å²) in [5.41, 5.74) is 3.26. The molecule has 27 heavy (non-hydrogen) atoms. The maximum Gasteiger partial charge on any atom is 0.225 e. The zero-order chi connectivity index (χ0) is 18.8. The van der Waals surface area contributed by atoms with E-state index in [-0.39, 0.29) is 5.28 Å². The minimum Gasteiger partial charge on any atom is -0.497 e. The highest BCUT2D eigenvalue weighted by atomic mass is 35.5. The van der Waals surface area contributed by atoms with Crippen LogP contribution < -0.4 is 9.64 Å². The highest BCUT2D eigenvalue weighted by molar-refractivity contribution is 7.17. The summed E-state index contributed by atoms with van der Waals surface area (Å²) < 4.78 is 5.28. The van der Waals surface area contributed by atoms with Gasteiger partial charge >= 0.3 is 0 Å². The Labute approximate surface area is 167 Å². The summed E-state index contributed by atoms with van der Waals surface area (Å²) in [6.07, 6.45) is 0. The van der Waals surface area contributed by atoms with Gasteiger partial charge in [0.25, 0.3) is 0 Å². The average Bonchev–Trinajstić information content (AvgIpc) is 3.13. The SMILES string of the molecule is CCN(c1ccccc1)c1nc(Cl)nc2scc(-c3ccc(OC)cc3)c12. The van der Waals surface area contributed by atoms with Crippen molar-refractivity contribution in [1.82, 2.24) is 9.97 Å². The summed E-state index contributed by atoms with van der Waals surface area (Å²) in [7, 11) is 1.67. The second-order valence-electron chi connectivity index (χ2n) is 5.95. The fourth-order valence-corrected chi connectivity index (χ4v) is 4.30. The largest absolute Gasteiger partial charge is 0.497 e. The number of ether oxygens (including phenoxy) is 1. The van der Waals surface area contributed by atoms with Crippen molar-refractivity contribution in [3.05, 3.63) is 65.3 Å². The van der Waals surface area contributed by atoms with Crippen molar-refractivity contribution in [3.8, 4) is 16.9 Å². The van der Waals surface area contributed by atoms with Crippen LogP contribution in [0.2, 0.25) is 5.28 Å². The first-order valence-corrected chi connectivity index (χ1v) is 9.88. The fourth-order valence-electron chi connectivity index (χ4n) is 3.14. The van der Waals surface area contributed by atoms with Gasteiger partial charge in [-0.25, -0.2) is 4.98 Å². The van der Waals surface area contributed by atoms with Gasteiger partial charge in [-0.1, -0.05) is 30.3 Å². The van der Waals surface area contributed by atoms with Gasteiger partial charge in [-0.2, -0.15) is 4.98 Å². The van der Waals surface area contributed by atoms with Gasteiger partial charge in [-0.05, 0) is 48.4 Å². The van der Waals surface area contributed by atoms with Crippen molar-refractivity contribution in [3.63, 3.8) is 0 Å². The zero-order valence-corrected chi connectivity index (χ0v) is 16.6. The van der Waals surface area contributed by atoms with Crippen molar-refractivity contribution in [2.45, 2.75) is 6.92 Å². The summed E-state index contributed by atoms with van der Waals surface area (Å²) in [6, 6.07) is 18.2. The smallest absolute Gasteiger partial charge is 0.225 e. The monoisotopic (exact) mass is 395 g/mol. The molecule has 0 spiro atoms. The van der Waals surface area contributed by atoms with E-state index in [0.29, 0.717) is 0 Å². The summed E-state index contributed by atoms with van der Waals surface area (Å²) in [4.78, 5) is 12.1. The molecule has 6 heteroatoms. The minimum absolute atomic E-state index is 0.259. The Kier molecular flexibility index (Phi) is 4.97. The Hall–Kier alpha value is -2.63. The van der Waals surface area contributed by atoms with E-state index in [2.05, 4.69) is 51.4 Å². The number of fused-ring (bicyclic) bond motifs is 1. The van der Waals surface area contributed by atoms with Crippen molar-refractivity contribution in [1.29, 1.82) is 0 Å². The molecule has 0 atom stereocenters. The Balaban J connectivity index is 1.93. The van der Waals surface area contributed by atoms with Crippen LogP contribution in [-0.4, -0.2) is 23.6 Å². The number of thiophene rings is 1. The van der Waals surface area contributed by atoms with Crippen LogP contribution >= 0.6 is 22.9 Å². The van der Waals surface area contributed by atoms with E-state index in [4.69, 9.17) is 16.3 Å². The first-order valence-electron chi connectivity index (χ1n) is 8.63. The van der Waals surface area contributed by atoms with Crippen LogP contribution in [0.25, 0.3) is 21.3 Å². The molecule has 4 rings (SSSR count). The third kappa shape index (κ3) is 3.36. The van der Waals surface area contributed by atoms with Gasteiger partial charge in [0.1, 0.15) is 16.4 Å². The highest BCUT2D eigenvalue weighted by Gasteiger charge is 2.20. The topological polar surface area (TPSA) is 38.2 Å². The zero-order valence-electron chi connectivity index (χ0n) is 15.0. The Morgan fingerprint density at radius 3 is 2.44 bits per heavy atom. The van der Waals surface area contributed by atoms with E-state index in [1.54, 1.807) is 18.4 Å². The van der Waals surface area contributed by atoms with Gasteiger partial charge in [0.15, 0.2) is 0 Å². The van der Waals surface area contributed by atoms with E-state index in [0.717, 1.165) is 45.1 Å². The summed E-state index contributed by atoms with van der Waals surface area (Å²) in [6.45, 7) is 2.87. The highest BCUT2D eigenvalue weighted by Crippen LogP contribution is 2.41. The lowest BCUT2D eigenvalue weighted by molar-refractivity contribution is 0.415. The first-order chi connectivity index (χ1) is 13.2. The van der Waals surface area contributed by atoms with Crippen molar-refractivity contribution >= 4 is 44.7 Å². The van der Waals surface area contributed by atoms with Crippen molar-refractivity contribution in [2.24, 2.45) is 0 Å². The number of nitrogens with zero attached hydrogens (tertiary/aromatic N) is 3. The van der Waals surface area contributed by atoms with E-state index in [1.165, 1.54) is 0 Å². The molecule has 4 aromatic rings. The third-order valence-electron chi connectivity index (χ3n) is 4.43. The number of hydrogen-bond donors (Lipinski definition) is 0. The maximum atomic E-state index is 6.25. The molecule has 0 saturated heterocycles. The molecule has 0 aliphatic carbocycles. The molecule has 4 nitrogen and oxygen atoms in total. The number of methoxy groups -OCH3 is 1. The molecule has 0 radical (unpaired) electrons. The fraction of sp³-hybridized carbons (Fsp3) is 0.143. The molecule has 136 valence electrons. The lowest BCUT2D eigenvalue weighted by Gasteiger charge is -2.23. The third-order valence-corrected chi connectivity index (χ3v) is 5.47. The quantitative estimate of drug-likeness (QED) is 0.378. The molecular formula is C21H18ClN3OS. The molecule has 0 N–H and O–H groups in total. The van der Waals surface area contributed by atoms with E-state index in [9.17, 15) is 0 Å². The number of rotatable bonds is 5. The number of anilines is 2. The van der Waals surface area contributed by atoms with Gasteiger partial charge in [0.2, 0.25) is 5.28 Å². The molecule has 0 bridgehead atoms. The lowest BCUT2D eigenvalue weighted by Crippen LogP contribution is -2.18. The van der Waals surface area contributed by atoms with Crippen LogP contribution in [-0.2, 0) is 0 Å². The van der Waals surface area contributed by atoms with Crippen molar-refractivity contribution < 1.29 is 4.74 Å². The average molecular weight is 396 g/mol. The molecule has 0 fully saturated rings. The van der Waals surface area contributed by atoms with Gasteiger partial charge in [0, 0.05) is 23.2 Å². The molecule has 0 saturated carbocycles. The molecule has 0 aliphatic heterocycles. The van der Waals surface area contributed by atoms with Crippen LogP contribution in [0.4, 0.5) is 11.5 Å². The van der Waals surface area contributed by atoms with E-state index in [1.807, 2.05) is 30.3 Å². The number of benzene rings is 2. The Morgan fingerprint density at radius 1 is 1.04 bits per heavy atom. The molecule has 2 aromatic heterocycles. The van der Waals surface area contributed by atoms with Gasteiger partial charge < -0.3 is 9.64 Å². The molecule has 2 aromatic carbocycles. The van der Waals surface area contributed by atoms with E-state index < -0.39 is 0 Å². The number of halogens is 1. The van der Waals surface area contributed by atoms with Crippen LogP contribution in [0.5, 0.6) is 5.75 Å². The van der Waals surface area contributed by atoms with Crippen LogP contribution in [0.1, 0.15) is 6.92 Å². The molecular weight excluding hydrogens is 378 g/mol. The van der Waals surface area contributed by atoms with Gasteiger partial charge in [0.05, 0.1) is 12.5 Å². The normalized spacial score (nSPS) is 10.9. The Morgan fingerprint density at radius 2 is 1.78 bits per heavy atom. The van der Waals surface area contributed by atoms with Crippen LogP contribution in [0, 0.1) is 0 Å². The predicted molar refractivity (Wildman–Crippen MR) is 114 cm³/mol. The number of para-hydroxylation sites is 1. The standard InChI is InChI=1S/C21H18ClN3OS/c1-3-25(15-7-5-4-6-8-15)19-18-17(13-27-20(18)24-21(22)23-19)14-9-11-16(26-2)12-10-14/h4-13H,3H2,1-2H3. The van der Waals surface area contributed by atoms with Crippen LogP contribution in [0.3, 0.4) is 0 Å². The number of aromatic nitrogens is 2.